The fourth-order valence-electron chi connectivity index (χ4n) is 3.01. The van der Waals surface area contributed by atoms with E-state index in [2.05, 4.69) is 25.5 Å². The van der Waals surface area contributed by atoms with Crippen molar-refractivity contribution < 1.29 is 14.3 Å². The molecule has 2 aromatic rings. The molecule has 1 saturated carbocycles. The van der Waals surface area contributed by atoms with Crippen LogP contribution in [0.25, 0.3) is 0 Å². The number of carbonyl (C=O) groups excluding carboxylic acids is 1. The average Bonchev–Trinajstić information content (AvgIpc) is 3.19. The minimum absolute atomic E-state index is 0.249. The molecular formula is C19H23N5O3. The third-order valence-electron chi connectivity index (χ3n) is 4.34. The number of carbonyl (C=O) groups is 1. The molecule has 0 radical (unpaired) electrons. The van der Waals surface area contributed by atoms with Crippen molar-refractivity contribution in [3.63, 3.8) is 0 Å². The summed E-state index contributed by atoms with van der Waals surface area (Å²) in [5, 5.41) is 4.47. The molecule has 0 aliphatic heterocycles. The highest BCUT2D eigenvalue weighted by Gasteiger charge is 2.15. The molecule has 0 amide bonds. The van der Waals surface area contributed by atoms with E-state index >= 15 is 0 Å². The number of rotatable bonds is 6. The third-order valence-corrected chi connectivity index (χ3v) is 4.34. The Morgan fingerprint density at radius 3 is 2.67 bits per heavy atom. The van der Waals surface area contributed by atoms with Gasteiger partial charge in [-0.2, -0.15) is 15.1 Å². The number of methoxy groups -OCH3 is 2. The van der Waals surface area contributed by atoms with Gasteiger partial charge in [0.05, 0.1) is 25.5 Å². The van der Waals surface area contributed by atoms with Gasteiger partial charge in [-0.15, -0.1) is 0 Å². The van der Waals surface area contributed by atoms with Gasteiger partial charge in [-0.3, -0.25) is 5.43 Å². The van der Waals surface area contributed by atoms with Crippen LogP contribution in [0, 0.1) is 6.92 Å². The predicted octanol–water partition coefficient (Wildman–Crippen LogP) is 2.91. The van der Waals surface area contributed by atoms with Crippen LogP contribution in [0.15, 0.2) is 23.3 Å². The Labute approximate surface area is 158 Å². The molecule has 1 aliphatic rings. The van der Waals surface area contributed by atoms with Crippen LogP contribution in [0.5, 0.6) is 6.01 Å². The standard InChI is InChI=1S/C19H23N5O3/c1-12-20-17(22-19(21-12)27-3)11-13-10-15(8-9-16(13)18(25)26-2)24-23-14-6-4-5-7-14/h8-10,24H,4-7,11H2,1-3H3. The first kappa shape index (κ1) is 18.8. The van der Waals surface area contributed by atoms with Gasteiger partial charge in [-0.1, -0.05) is 0 Å². The number of hydrogen-bond donors (Lipinski definition) is 1. The zero-order valence-corrected chi connectivity index (χ0v) is 15.8. The largest absolute Gasteiger partial charge is 0.467 e. The van der Waals surface area contributed by atoms with Crippen LogP contribution in [0.4, 0.5) is 5.69 Å². The number of nitrogens with zero attached hydrogens (tertiary/aromatic N) is 4. The lowest BCUT2D eigenvalue weighted by Gasteiger charge is -2.11. The second-order valence-corrected chi connectivity index (χ2v) is 6.32. The molecule has 0 spiro atoms. The smallest absolute Gasteiger partial charge is 0.338 e. The van der Waals surface area contributed by atoms with E-state index in [4.69, 9.17) is 9.47 Å². The van der Waals surface area contributed by atoms with E-state index in [0.29, 0.717) is 23.6 Å². The quantitative estimate of drug-likeness (QED) is 0.617. The van der Waals surface area contributed by atoms with Crippen molar-refractivity contribution in [2.24, 2.45) is 5.10 Å². The van der Waals surface area contributed by atoms with Gasteiger partial charge in [0.25, 0.3) is 0 Å². The SMILES string of the molecule is COC(=O)c1ccc(NN=C2CCCC2)cc1Cc1nc(C)nc(OC)n1. The lowest BCUT2D eigenvalue weighted by Crippen LogP contribution is -2.10. The molecule has 1 aromatic carbocycles. The number of nitrogens with one attached hydrogen (secondary N) is 1. The molecule has 8 nitrogen and oxygen atoms in total. The Hall–Kier alpha value is -3.03. The van der Waals surface area contributed by atoms with Crippen molar-refractivity contribution in [2.75, 3.05) is 19.6 Å². The van der Waals surface area contributed by atoms with Gasteiger partial charge in [-0.25, -0.2) is 9.78 Å². The first-order valence-electron chi connectivity index (χ1n) is 8.87. The van der Waals surface area contributed by atoms with Crippen LogP contribution in [0.3, 0.4) is 0 Å². The highest BCUT2D eigenvalue weighted by molar-refractivity contribution is 5.92. The Balaban J connectivity index is 1.90. The molecule has 0 unspecified atom stereocenters. The molecule has 0 bridgehead atoms. The zero-order valence-electron chi connectivity index (χ0n) is 15.8. The normalized spacial score (nSPS) is 13.4. The first-order valence-corrected chi connectivity index (χ1v) is 8.87. The van der Waals surface area contributed by atoms with Crippen molar-refractivity contribution in [3.8, 4) is 6.01 Å². The molecule has 0 atom stereocenters. The lowest BCUT2D eigenvalue weighted by molar-refractivity contribution is 0.0599. The van der Waals surface area contributed by atoms with Gasteiger partial charge in [0, 0.05) is 12.1 Å². The molecule has 1 N–H and O–H groups in total. The second kappa shape index (κ2) is 8.57. The monoisotopic (exact) mass is 369 g/mol. The van der Waals surface area contributed by atoms with Crippen LogP contribution in [-0.4, -0.2) is 40.9 Å². The summed E-state index contributed by atoms with van der Waals surface area (Å²) in [5.74, 6) is 0.665. The Kier molecular flexibility index (Phi) is 5.95. The van der Waals surface area contributed by atoms with Crippen LogP contribution < -0.4 is 10.2 Å². The lowest BCUT2D eigenvalue weighted by atomic mass is 10.0. The second-order valence-electron chi connectivity index (χ2n) is 6.32. The van der Waals surface area contributed by atoms with E-state index < -0.39 is 5.97 Å². The summed E-state index contributed by atoms with van der Waals surface area (Å²) in [6.45, 7) is 1.77. The van der Waals surface area contributed by atoms with Gasteiger partial charge in [0.1, 0.15) is 11.6 Å². The van der Waals surface area contributed by atoms with Crippen molar-refractivity contribution >= 4 is 17.4 Å². The highest BCUT2D eigenvalue weighted by atomic mass is 16.5. The molecule has 142 valence electrons. The maximum atomic E-state index is 12.1. The van der Waals surface area contributed by atoms with Crippen molar-refractivity contribution in [1.29, 1.82) is 0 Å². The molecule has 1 aromatic heterocycles. The number of esters is 1. The number of aryl methyl sites for hydroxylation is 1. The number of hydrogen-bond acceptors (Lipinski definition) is 8. The van der Waals surface area contributed by atoms with E-state index in [-0.39, 0.29) is 6.01 Å². The van der Waals surface area contributed by atoms with Gasteiger partial charge in [0.15, 0.2) is 0 Å². The average molecular weight is 369 g/mol. The fraction of sp³-hybridized carbons (Fsp3) is 0.421. The summed E-state index contributed by atoms with van der Waals surface area (Å²) in [4.78, 5) is 24.8. The Bertz CT molecular complexity index is 858. The summed E-state index contributed by atoms with van der Waals surface area (Å²) in [7, 11) is 2.87. The van der Waals surface area contributed by atoms with Gasteiger partial charge >= 0.3 is 12.0 Å². The molecule has 8 heteroatoms. The zero-order chi connectivity index (χ0) is 19.2. The Morgan fingerprint density at radius 1 is 1.19 bits per heavy atom. The summed E-state index contributed by atoms with van der Waals surface area (Å²) in [5.41, 5.74) is 6.27. The number of ether oxygens (including phenoxy) is 2. The van der Waals surface area contributed by atoms with E-state index in [1.54, 1.807) is 13.0 Å². The maximum Gasteiger partial charge on any atom is 0.338 e. The third kappa shape index (κ3) is 4.78. The number of aromatic nitrogens is 3. The van der Waals surface area contributed by atoms with E-state index in [1.807, 2.05) is 12.1 Å². The summed E-state index contributed by atoms with van der Waals surface area (Å²) in [6, 6.07) is 5.66. The minimum atomic E-state index is -0.406. The van der Waals surface area contributed by atoms with E-state index in [9.17, 15) is 4.79 Å². The Morgan fingerprint density at radius 2 is 1.96 bits per heavy atom. The van der Waals surface area contributed by atoms with Crippen molar-refractivity contribution in [2.45, 2.75) is 39.0 Å². The number of benzene rings is 1. The summed E-state index contributed by atoms with van der Waals surface area (Å²) >= 11 is 0. The van der Waals surface area contributed by atoms with Crippen molar-refractivity contribution in [1.82, 2.24) is 15.0 Å². The van der Waals surface area contributed by atoms with Crippen molar-refractivity contribution in [3.05, 3.63) is 41.0 Å². The summed E-state index contributed by atoms with van der Waals surface area (Å²) < 4.78 is 10.0. The maximum absolute atomic E-state index is 12.1. The van der Waals surface area contributed by atoms with Gasteiger partial charge < -0.3 is 9.47 Å². The number of anilines is 1. The van der Waals surface area contributed by atoms with Crippen LogP contribution >= 0.6 is 0 Å². The highest BCUT2D eigenvalue weighted by Crippen LogP contribution is 2.21. The van der Waals surface area contributed by atoms with Crippen LogP contribution in [0.1, 0.15) is 53.3 Å². The number of hydrazone groups is 1. The molecule has 1 fully saturated rings. The molecule has 1 heterocycles. The van der Waals surface area contributed by atoms with Gasteiger partial charge in [-0.05, 0) is 56.4 Å². The first-order chi connectivity index (χ1) is 13.1. The molecule has 3 rings (SSSR count). The minimum Gasteiger partial charge on any atom is -0.467 e. The molecular weight excluding hydrogens is 346 g/mol. The van der Waals surface area contributed by atoms with E-state index in [0.717, 1.165) is 24.1 Å². The predicted molar refractivity (Wildman–Crippen MR) is 101 cm³/mol. The molecule has 0 saturated heterocycles. The van der Waals surface area contributed by atoms with Crippen LogP contribution in [0.2, 0.25) is 0 Å². The molecule has 1 aliphatic carbocycles. The van der Waals surface area contributed by atoms with Crippen LogP contribution in [-0.2, 0) is 11.2 Å². The topological polar surface area (TPSA) is 98.6 Å². The fourth-order valence-corrected chi connectivity index (χ4v) is 3.01. The van der Waals surface area contributed by atoms with Gasteiger partial charge in [0.2, 0.25) is 0 Å². The summed E-state index contributed by atoms with van der Waals surface area (Å²) in [6.07, 6.45) is 4.78. The molecule has 27 heavy (non-hydrogen) atoms. The van der Waals surface area contributed by atoms with E-state index in [1.165, 1.54) is 32.8 Å².